The van der Waals surface area contributed by atoms with Gasteiger partial charge in [0, 0.05) is 28.2 Å². The number of benzene rings is 1. The molecular formula is C10H19BN4. The molecule has 0 aliphatic carbocycles. The molecule has 0 unspecified atom stereocenters. The summed E-state index contributed by atoms with van der Waals surface area (Å²) in [7, 11) is 7.92. The van der Waals surface area contributed by atoms with E-state index in [1.807, 2.05) is 56.4 Å². The van der Waals surface area contributed by atoms with Crippen LogP contribution in [0.5, 0.6) is 0 Å². The van der Waals surface area contributed by atoms with Gasteiger partial charge in [0.25, 0.3) is 0 Å². The summed E-state index contributed by atoms with van der Waals surface area (Å²) in [6.45, 7) is 0.0937. The Labute approximate surface area is 92.3 Å². The summed E-state index contributed by atoms with van der Waals surface area (Å²) in [5, 5.41) is 10.5. The third-order valence-corrected chi connectivity index (χ3v) is 1.91. The lowest BCUT2D eigenvalue weighted by Gasteiger charge is -2.24. The zero-order valence-electron chi connectivity index (χ0n) is 9.86. The monoisotopic (exact) mass is 206 g/mol. The summed E-state index contributed by atoms with van der Waals surface area (Å²) in [6.07, 6.45) is 0. The molecule has 0 spiro atoms. The van der Waals surface area contributed by atoms with Crippen LogP contribution in [0, 0.1) is 0 Å². The van der Waals surface area contributed by atoms with Crippen molar-refractivity contribution in [3.8, 4) is 0 Å². The van der Waals surface area contributed by atoms with Crippen molar-refractivity contribution in [2.45, 2.75) is 0 Å². The first-order valence-electron chi connectivity index (χ1n) is 5.01. The summed E-state index contributed by atoms with van der Waals surface area (Å²) in [6, 6.07) is 10.3. The van der Waals surface area contributed by atoms with Crippen LogP contribution in [0.1, 0.15) is 0 Å². The summed E-state index contributed by atoms with van der Waals surface area (Å²) in [5.41, 5.74) is 1.21. The highest BCUT2D eigenvalue weighted by Crippen LogP contribution is 1.85. The van der Waals surface area contributed by atoms with E-state index in [9.17, 15) is 0 Å². The fourth-order valence-electron chi connectivity index (χ4n) is 1.34. The van der Waals surface area contributed by atoms with E-state index < -0.39 is 0 Å². The summed E-state index contributed by atoms with van der Waals surface area (Å²) >= 11 is 0. The lowest BCUT2D eigenvalue weighted by Crippen LogP contribution is -2.63. The van der Waals surface area contributed by atoms with Gasteiger partial charge in [-0.2, -0.15) is 0 Å². The van der Waals surface area contributed by atoms with Gasteiger partial charge in [0.2, 0.25) is 0 Å². The van der Waals surface area contributed by atoms with E-state index in [4.69, 9.17) is 0 Å². The normalized spacial score (nSPS) is 11.1. The van der Waals surface area contributed by atoms with E-state index in [0.717, 1.165) is 0 Å². The van der Waals surface area contributed by atoms with Crippen LogP contribution < -0.4 is 16.1 Å². The van der Waals surface area contributed by atoms with Crippen LogP contribution >= 0.6 is 0 Å². The second-order valence-electron chi connectivity index (χ2n) is 3.89. The third kappa shape index (κ3) is 4.44. The molecule has 2 N–H and O–H groups in total. The molecule has 0 radical (unpaired) electrons. The lowest BCUT2D eigenvalue weighted by molar-refractivity contribution is 0.328. The molecule has 5 heteroatoms. The van der Waals surface area contributed by atoms with Crippen LogP contribution in [0.2, 0.25) is 0 Å². The first-order valence-corrected chi connectivity index (χ1v) is 5.01. The smallest absolute Gasteiger partial charge is 0.273 e. The maximum Gasteiger partial charge on any atom is 0.369 e. The van der Waals surface area contributed by atoms with E-state index >= 15 is 0 Å². The molecule has 0 fully saturated rings. The number of hydrogen-bond acceptors (Lipinski definition) is 4. The third-order valence-electron chi connectivity index (χ3n) is 1.91. The summed E-state index contributed by atoms with van der Waals surface area (Å²) in [4.78, 5) is 0. The molecule has 0 atom stereocenters. The summed E-state index contributed by atoms with van der Waals surface area (Å²) in [5.74, 6) is 0. The van der Waals surface area contributed by atoms with E-state index in [-0.39, 0.29) is 6.98 Å². The van der Waals surface area contributed by atoms with Gasteiger partial charge in [0.1, 0.15) is 0 Å². The zero-order chi connectivity index (χ0) is 11.3. The number of hydrazine groups is 2. The molecule has 4 nitrogen and oxygen atoms in total. The molecule has 1 aromatic carbocycles. The van der Waals surface area contributed by atoms with E-state index in [0.29, 0.717) is 0 Å². The van der Waals surface area contributed by atoms with Gasteiger partial charge in [-0.15, -0.1) is 0 Å². The Balaban J connectivity index is 2.72. The topological polar surface area (TPSA) is 30.5 Å². The van der Waals surface area contributed by atoms with Gasteiger partial charge in [-0.3, -0.25) is 20.7 Å². The number of rotatable bonds is 5. The van der Waals surface area contributed by atoms with Gasteiger partial charge >= 0.3 is 6.98 Å². The van der Waals surface area contributed by atoms with Crippen molar-refractivity contribution in [2.75, 3.05) is 28.2 Å². The molecule has 1 rings (SSSR count). The second kappa shape index (κ2) is 5.87. The first kappa shape index (κ1) is 12.2. The molecule has 1 aromatic rings. The summed E-state index contributed by atoms with van der Waals surface area (Å²) < 4.78 is 0. The largest absolute Gasteiger partial charge is 0.369 e. The Kier molecular flexibility index (Phi) is 4.78. The van der Waals surface area contributed by atoms with E-state index in [1.165, 1.54) is 5.46 Å². The van der Waals surface area contributed by atoms with Crippen molar-refractivity contribution >= 4 is 12.4 Å². The molecule has 0 amide bonds. The van der Waals surface area contributed by atoms with Gasteiger partial charge in [-0.25, -0.2) is 0 Å². The van der Waals surface area contributed by atoms with E-state index in [1.54, 1.807) is 0 Å². The minimum atomic E-state index is 0.0937. The maximum absolute atomic E-state index is 3.31. The second-order valence-corrected chi connectivity index (χ2v) is 3.89. The quantitative estimate of drug-likeness (QED) is 0.503. The number of nitrogens with zero attached hydrogens (tertiary/aromatic N) is 2. The van der Waals surface area contributed by atoms with Gasteiger partial charge in [0.15, 0.2) is 0 Å². The van der Waals surface area contributed by atoms with Gasteiger partial charge < -0.3 is 0 Å². The van der Waals surface area contributed by atoms with Gasteiger partial charge in [-0.1, -0.05) is 30.3 Å². The average Bonchev–Trinajstić information content (AvgIpc) is 2.17. The molecule has 0 heterocycles. The lowest BCUT2D eigenvalue weighted by atomic mass is 9.70. The predicted octanol–water partition coefficient (Wildman–Crippen LogP) is -0.486. The first-order chi connectivity index (χ1) is 7.09. The minimum absolute atomic E-state index is 0.0937. The zero-order valence-corrected chi connectivity index (χ0v) is 9.86. The molecule has 15 heavy (non-hydrogen) atoms. The van der Waals surface area contributed by atoms with Crippen LogP contribution in [-0.4, -0.2) is 45.2 Å². The highest BCUT2D eigenvalue weighted by molar-refractivity contribution is 6.68. The Bertz CT molecular complexity index is 266. The molecule has 0 aromatic heterocycles. The molecule has 0 bridgehead atoms. The van der Waals surface area contributed by atoms with Gasteiger partial charge in [0.05, 0.1) is 0 Å². The van der Waals surface area contributed by atoms with Crippen molar-refractivity contribution in [1.82, 2.24) is 20.7 Å². The highest BCUT2D eigenvalue weighted by Gasteiger charge is 2.18. The Morgan fingerprint density at radius 1 is 0.867 bits per heavy atom. The number of nitrogens with one attached hydrogen (secondary N) is 2. The SMILES string of the molecule is CN(C)NB(NN(C)C)c1ccccc1. The van der Waals surface area contributed by atoms with Crippen molar-refractivity contribution < 1.29 is 0 Å². The van der Waals surface area contributed by atoms with Crippen molar-refractivity contribution in [3.05, 3.63) is 30.3 Å². The predicted molar refractivity (Wildman–Crippen MR) is 65.5 cm³/mol. The molecular weight excluding hydrogens is 187 g/mol. The van der Waals surface area contributed by atoms with Crippen molar-refractivity contribution in [1.29, 1.82) is 0 Å². The fourth-order valence-corrected chi connectivity index (χ4v) is 1.34. The molecule has 0 saturated heterocycles. The Morgan fingerprint density at radius 2 is 1.33 bits per heavy atom. The maximum atomic E-state index is 3.31. The van der Waals surface area contributed by atoms with Crippen LogP contribution in [0.15, 0.2) is 30.3 Å². The van der Waals surface area contributed by atoms with Crippen LogP contribution in [0.3, 0.4) is 0 Å². The standard InChI is InChI=1S/C10H19BN4/c1-14(2)12-11(13-15(3)4)10-8-6-5-7-9-10/h5-9,12-13H,1-4H3. The van der Waals surface area contributed by atoms with E-state index in [2.05, 4.69) is 22.8 Å². The van der Waals surface area contributed by atoms with Crippen molar-refractivity contribution in [3.63, 3.8) is 0 Å². The van der Waals surface area contributed by atoms with Crippen LogP contribution in [0.25, 0.3) is 0 Å². The van der Waals surface area contributed by atoms with Gasteiger partial charge in [-0.05, 0) is 5.46 Å². The van der Waals surface area contributed by atoms with Crippen LogP contribution in [0.4, 0.5) is 0 Å². The minimum Gasteiger partial charge on any atom is -0.273 e. The Hall–Kier alpha value is -0.875. The molecule has 0 aliphatic rings. The number of hydrogen-bond donors (Lipinski definition) is 2. The average molecular weight is 206 g/mol. The highest BCUT2D eigenvalue weighted by atomic mass is 15.5. The molecule has 0 aliphatic heterocycles. The van der Waals surface area contributed by atoms with Crippen LogP contribution in [-0.2, 0) is 0 Å². The molecule has 0 saturated carbocycles. The Morgan fingerprint density at radius 3 is 1.73 bits per heavy atom. The molecule has 82 valence electrons. The fraction of sp³-hybridized carbons (Fsp3) is 0.400. The van der Waals surface area contributed by atoms with Crippen molar-refractivity contribution in [2.24, 2.45) is 0 Å².